The van der Waals surface area contributed by atoms with Gasteiger partial charge in [0.25, 0.3) is 0 Å². The zero-order chi connectivity index (χ0) is 16.9. The van der Waals surface area contributed by atoms with Crippen LogP contribution in [0, 0.1) is 0 Å². The van der Waals surface area contributed by atoms with Gasteiger partial charge in [0.05, 0.1) is 6.61 Å². The van der Waals surface area contributed by atoms with Crippen molar-refractivity contribution in [3.8, 4) is 0 Å². The molecule has 5 heteroatoms. The number of benzene rings is 2. The second-order valence-corrected chi connectivity index (χ2v) is 7.40. The van der Waals surface area contributed by atoms with Crippen molar-refractivity contribution in [1.82, 2.24) is 4.90 Å². The van der Waals surface area contributed by atoms with Crippen molar-refractivity contribution in [3.63, 3.8) is 0 Å². The summed E-state index contributed by atoms with van der Waals surface area (Å²) in [7, 11) is 2.11. The average Bonchev–Trinajstić information content (AvgIpc) is 2.84. The third-order valence-electron chi connectivity index (χ3n) is 5.12. The van der Waals surface area contributed by atoms with E-state index in [2.05, 4.69) is 35.9 Å². The van der Waals surface area contributed by atoms with Crippen molar-refractivity contribution in [2.75, 3.05) is 31.6 Å². The van der Waals surface area contributed by atoms with E-state index >= 15 is 0 Å². The normalized spacial score (nSPS) is 26.8. The zero-order valence-corrected chi connectivity index (χ0v) is 15.3. The molecule has 2 aromatic carbocycles. The molecular weight excluding hydrogens is 343 g/mol. The Morgan fingerprint density at radius 3 is 2.67 bits per heavy atom. The first kappa shape index (κ1) is 16.2. The number of halogens is 2. The van der Waals surface area contributed by atoms with Gasteiger partial charge in [-0.1, -0.05) is 41.4 Å². The standard InChI is InChI=1S/C19H20Cl2N2O/c1-13-12-24-19(15-5-3-4-6-17(15)21)16-11-14(20)7-8-18(16)22(2)9-10-23(13)19/h3-8,11,13H,9-10,12H2,1-2H3. The molecule has 24 heavy (non-hydrogen) atoms. The largest absolute Gasteiger partial charge is 0.373 e. The van der Waals surface area contributed by atoms with Gasteiger partial charge >= 0.3 is 0 Å². The summed E-state index contributed by atoms with van der Waals surface area (Å²) < 4.78 is 6.49. The van der Waals surface area contributed by atoms with Crippen molar-refractivity contribution in [1.29, 1.82) is 0 Å². The van der Waals surface area contributed by atoms with E-state index in [1.54, 1.807) is 0 Å². The molecule has 0 aliphatic carbocycles. The second kappa shape index (κ2) is 5.92. The summed E-state index contributed by atoms with van der Waals surface area (Å²) in [6.45, 7) is 4.69. The molecule has 3 nitrogen and oxygen atoms in total. The van der Waals surface area contributed by atoms with Crippen LogP contribution in [0.2, 0.25) is 10.0 Å². The summed E-state index contributed by atoms with van der Waals surface area (Å²) in [4.78, 5) is 4.67. The van der Waals surface area contributed by atoms with Gasteiger partial charge in [0.1, 0.15) is 0 Å². The van der Waals surface area contributed by atoms with E-state index < -0.39 is 5.72 Å². The van der Waals surface area contributed by atoms with Crippen molar-refractivity contribution >= 4 is 28.9 Å². The van der Waals surface area contributed by atoms with Gasteiger partial charge in [0.15, 0.2) is 5.72 Å². The molecule has 126 valence electrons. The lowest BCUT2D eigenvalue weighted by molar-refractivity contribution is -0.0512. The first-order valence-electron chi connectivity index (χ1n) is 8.21. The molecule has 1 fully saturated rings. The molecule has 2 aromatic rings. The third-order valence-corrected chi connectivity index (χ3v) is 5.68. The molecule has 0 radical (unpaired) electrons. The number of ether oxygens (including phenoxy) is 1. The Labute approximate surface area is 152 Å². The summed E-state index contributed by atoms with van der Waals surface area (Å²) in [6.07, 6.45) is 0. The van der Waals surface area contributed by atoms with Gasteiger partial charge in [-0.25, -0.2) is 0 Å². The zero-order valence-electron chi connectivity index (χ0n) is 13.8. The van der Waals surface area contributed by atoms with E-state index in [-0.39, 0.29) is 0 Å². The average molecular weight is 363 g/mol. The highest BCUT2D eigenvalue weighted by Crippen LogP contribution is 2.50. The van der Waals surface area contributed by atoms with Crippen LogP contribution in [-0.2, 0) is 10.5 Å². The summed E-state index contributed by atoms with van der Waals surface area (Å²) in [5, 5.41) is 1.42. The number of hydrogen-bond donors (Lipinski definition) is 0. The predicted octanol–water partition coefficient (Wildman–Crippen LogP) is 4.37. The summed E-state index contributed by atoms with van der Waals surface area (Å²) in [5.41, 5.74) is 2.49. The Hall–Kier alpha value is -1.26. The van der Waals surface area contributed by atoms with E-state index in [9.17, 15) is 0 Å². The minimum atomic E-state index is -0.692. The van der Waals surface area contributed by atoms with Crippen LogP contribution in [0.1, 0.15) is 18.1 Å². The maximum Gasteiger partial charge on any atom is 0.177 e. The summed E-state index contributed by atoms with van der Waals surface area (Å²) >= 11 is 13.0. The fraction of sp³-hybridized carbons (Fsp3) is 0.368. The van der Waals surface area contributed by atoms with Crippen molar-refractivity contribution < 1.29 is 4.74 Å². The number of nitrogens with zero attached hydrogens (tertiary/aromatic N) is 2. The van der Waals surface area contributed by atoms with Gasteiger partial charge in [-0.15, -0.1) is 0 Å². The Kier molecular flexibility index (Phi) is 4.00. The van der Waals surface area contributed by atoms with E-state index in [4.69, 9.17) is 27.9 Å². The molecular formula is C19H20Cl2N2O. The van der Waals surface area contributed by atoms with Crippen molar-refractivity contribution in [2.45, 2.75) is 18.7 Å². The SMILES string of the molecule is CC1COC2(c3ccccc3Cl)c3cc(Cl)ccc3N(C)CCN12. The minimum Gasteiger partial charge on any atom is -0.373 e. The van der Waals surface area contributed by atoms with Crippen molar-refractivity contribution in [3.05, 3.63) is 63.6 Å². The number of hydrogen-bond acceptors (Lipinski definition) is 3. The smallest absolute Gasteiger partial charge is 0.177 e. The van der Waals surface area contributed by atoms with Gasteiger partial charge in [0, 0.05) is 53.0 Å². The van der Waals surface area contributed by atoms with Crippen LogP contribution in [0.5, 0.6) is 0 Å². The lowest BCUT2D eigenvalue weighted by atomic mass is 9.91. The maximum atomic E-state index is 6.61. The van der Waals surface area contributed by atoms with Gasteiger partial charge in [0.2, 0.25) is 0 Å². The van der Waals surface area contributed by atoms with Crippen LogP contribution < -0.4 is 4.90 Å². The molecule has 2 aliphatic heterocycles. The molecule has 2 aliphatic rings. The molecule has 0 spiro atoms. The van der Waals surface area contributed by atoms with Crippen LogP contribution in [0.4, 0.5) is 5.69 Å². The Balaban J connectivity index is 2.05. The monoisotopic (exact) mass is 362 g/mol. The Morgan fingerprint density at radius 2 is 1.88 bits per heavy atom. The lowest BCUT2D eigenvalue weighted by Gasteiger charge is -2.39. The highest BCUT2D eigenvalue weighted by molar-refractivity contribution is 6.31. The highest BCUT2D eigenvalue weighted by Gasteiger charge is 2.52. The summed E-state index contributed by atoms with van der Waals surface area (Å²) in [5.74, 6) is 0. The van der Waals surface area contributed by atoms with E-state index in [0.717, 1.165) is 29.9 Å². The van der Waals surface area contributed by atoms with Crippen LogP contribution in [0.25, 0.3) is 0 Å². The van der Waals surface area contributed by atoms with Crippen LogP contribution in [0.3, 0.4) is 0 Å². The first-order valence-corrected chi connectivity index (χ1v) is 8.96. The van der Waals surface area contributed by atoms with Gasteiger partial charge in [-0.3, -0.25) is 4.90 Å². The second-order valence-electron chi connectivity index (χ2n) is 6.56. The van der Waals surface area contributed by atoms with E-state index in [1.807, 2.05) is 30.3 Å². The molecule has 2 atom stereocenters. The summed E-state index contributed by atoms with van der Waals surface area (Å²) in [6, 6.07) is 14.3. The molecule has 0 aromatic heterocycles. The van der Waals surface area contributed by atoms with E-state index in [0.29, 0.717) is 22.7 Å². The molecule has 0 N–H and O–H groups in total. The van der Waals surface area contributed by atoms with E-state index in [1.165, 1.54) is 0 Å². The Bertz CT molecular complexity index is 782. The van der Waals surface area contributed by atoms with Crippen LogP contribution >= 0.6 is 23.2 Å². The molecule has 2 heterocycles. The number of anilines is 1. The van der Waals surface area contributed by atoms with Crippen LogP contribution in [-0.4, -0.2) is 37.7 Å². The molecule has 2 unspecified atom stereocenters. The first-order chi connectivity index (χ1) is 11.5. The maximum absolute atomic E-state index is 6.61. The number of rotatable bonds is 1. The fourth-order valence-corrected chi connectivity index (χ4v) is 4.37. The van der Waals surface area contributed by atoms with Gasteiger partial charge < -0.3 is 9.64 Å². The fourth-order valence-electron chi connectivity index (χ4n) is 3.94. The minimum absolute atomic E-state index is 0.305. The lowest BCUT2D eigenvalue weighted by Crippen LogP contribution is -2.46. The Morgan fingerprint density at radius 1 is 1.08 bits per heavy atom. The van der Waals surface area contributed by atoms with Crippen LogP contribution in [0.15, 0.2) is 42.5 Å². The highest BCUT2D eigenvalue weighted by atomic mass is 35.5. The van der Waals surface area contributed by atoms with Gasteiger partial charge in [-0.05, 0) is 31.2 Å². The predicted molar refractivity (Wildman–Crippen MR) is 99.1 cm³/mol. The quantitative estimate of drug-likeness (QED) is 0.749. The number of fused-ring (bicyclic) bond motifs is 3. The molecule has 1 saturated heterocycles. The third kappa shape index (κ3) is 2.26. The van der Waals surface area contributed by atoms with Crippen molar-refractivity contribution in [2.24, 2.45) is 0 Å². The molecule has 4 rings (SSSR count). The van der Waals surface area contributed by atoms with Gasteiger partial charge in [-0.2, -0.15) is 0 Å². The molecule has 0 saturated carbocycles. The number of likely N-dealkylation sites (N-methyl/N-ethyl adjacent to an activating group) is 1. The topological polar surface area (TPSA) is 15.7 Å². The molecule has 0 bridgehead atoms. The molecule has 0 amide bonds.